The van der Waals surface area contributed by atoms with E-state index in [-0.39, 0.29) is 18.3 Å². The summed E-state index contributed by atoms with van der Waals surface area (Å²) >= 11 is 1.34. The molecule has 1 aromatic heterocycles. The van der Waals surface area contributed by atoms with Crippen molar-refractivity contribution in [2.45, 2.75) is 6.54 Å². The fourth-order valence-electron chi connectivity index (χ4n) is 2.59. The number of hydrogen-bond donors (Lipinski definition) is 1. The van der Waals surface area contributed by atoms with Gasteiger partial charge in [-0.1, -0.05) is 12.1 Å². The van der Waals surface area contributed by atoms with Crippen molar-refractivity contribution >= 4 is 22.4 Å². The number of amides is 1. The number of nitrogens with one attached hydrogen (secondary N) is 1. The van der Waals surface area contributed by atoms with Crippen molar-refractivity contribution in [2.24, 2.45) is 0 Å². The number of methoxy groups -OCH3 is 1. The van der Waals surface area contributed by atoms with E-state index >= 15 is 0 Å². The molecule has 0 radical (unpaired) electrons. The first kappa shape index (κ1) is 19.0. The molecule has 7 heteroatoms. The van der Waals surface area contributed by atoms with Gasteiger partial charge in [-0.3, -0.25) is 9.69 Å². The molecule has 0 unspecified atom stereocenters. The topological polar surface area (TPSA) is 54.5 Å². The molecule has 5 nitrogen and oxygen atoms in total. The second kappa shape index (κ2) is 8.75. The van der Waals surface area contributed by atoms with E-state index in [9.17, 15) is 9.18 Å². The van der Waals surface area contributed by atoms with Gasteiger partial charge in [0.15, 0.2) is 5.13 Å². The van der Waals surface area contributed by atoms with Crippen LogP contribution < -0.4 is 10.1 Å². The Morgan fingerprint density at radius 1 is 1.19 bits per heavy atom. The molecule has 1 N–H and O–H groups in total. The lowest BCUT2D eigenvalue weighted by Crippen LogP contribution is -2.29. The zero-order valence-corrected chi connectivity index (χ0v) is 15.9. The Hall–Kier alpha value is -2.77. The minimum atomic E-state index is -0.289. The lowest BCUT2D eigenvalue weighted by molar-refractivity contribution is -0.117. The Balaban J connectivity index is 1.53. The maximum absolute atomic E-state index is 13.0. The van der Waals surface area contributed by atoms with Crippen molar-refractivity contribution in [1.82, 2.24) is 9.88 Å². The first-order chi connectivity index (χ1) is 13.0. The Labute approximate surface area is 161 Å². The molecule has 0 saturated heterocycles. The van der Waals surface area contributed by atoms with Crippen LogP contribution in [-0.2, 0) is 11.3 Å². The molecule has 140 valence electrons. The number of likely N-dealkylation sites (N-methyl/N-ethyl adjacent to an activating group) is 1. The van der Waals surface area contributed by atoms with E-state index in [1.54, 1.807) is 19.2 Å². The Morgan fingerprint density at radius 3 is 2.56 bits per heavy atom. The monoisotopic (exact) mass is 385 g/mol. The fourth-order valence-corrected chi connectivity index (χ4v) is 3.32. The van der Waals surface area contributed by atoms with Gasteiger partial charge < -0.3 is 10.1 Å². The summed E-state index contributed by atoms with van der Waals surface area (Å²) in [6.07, 6.45) is 0. The summed E-state index contributed by atoms with van der Waals surface area (Å²) in [6, 6.07) is 13.9. The zero-order chi connectivity index (χ0) is 19.2. The molecule has 0 atom stereocenters. The number of hydrogen-bond acceptors (Lipinski definition) is 5. The number of thiazole rings is 1. The van der Waals surface area contributed by atoms with Gasteiger partial charge in [0.25, 0.3) is 0 Å². The molecule has 3 rings (SSSR count). The number of anilines is 1. The molecular weight excluding hydrogens is 365 g/mol. The fraction of sp³-hybridized carbons (Fsp3) is 0.200. The summed E-state index contributed by atoms with van der Waals surface area (Å²) in [6.45, 7) is 0.896. The van der Waals surface area contributed by atoms with Gasteiger partial charge >= 0.3 is 0 Å². The van der Waals surface area contributed by atoms with Crippen LogP contribution >= 0.6 is 11.3 Å². The van der Waals surface area contributed by atoms with E-state index in [0.717, 1.165) is 16.9 Å². The van der Waals surface area contributed by atoms with Gasteiger partial charge in [-0.2, -0.15) is 0 Å². The number of benzene rings is 2. The van der Waals surface area contributed by atoms with Crippen molar-refractivity contribution < 1.29 is 13.9 Å². The SMILES string of the molecule is COc1ccc(CN(C)CC(=O)Nc2nc(-c3ccc(F)cc3)cs2)cc1. The summed E-state index contributed by atoms with van der Waals surface area (Å²) in [5, 5.41) is 5.17. The van der Waals surface area contributed by atoms with Crippen LogP contribution in [0.4, 0.5) is 9.52 Å². The van der Waals surface area contributed by atoms with Gasteiger partial charge in [0, 0.05) is 17.5 Å². The lowest BCUT2D eigenvalue weighted by Gasteiger charge is -2.16. The second-order valence-corrected chi connectivity index (χ2v) is 6.97. The third-order valence-electron chi connectivity index (χ3n) is 3.92. The van der Waals surface area contributed by atoms with Crippen molar-refractivity contribution in [3.8, 4) is 17.0 Å². The average Bonchev–Trinajstić information content (AvgIpc) is 3.11. The standard InChI is InChI=1S/C20H20FN3O2S/c1-24(11-14-3-9-17(26-2)10-4-14)12-19(25)23-20-22-18(13-27-20)15-5-7-16(21)8-6-15/h3-10,13H,11-12H2,1-2H3,(H,22,23,25). The number of carbonyl (C=O) groups is 1. The molecule has 3 aromatic rings. The van der Waals surface area contributed by atoms with E-state index in [0.29, 0.717) is 17.4 Å². The molecule has 0 fully saturated rings. The van der Waals surface area contributed by atoms with Crippen molar-refractivity contribution in [3.05, 3.63) is 65.3 Å². The van der Waals surface area contributed by atoms with E-state index in [1.165, 1.54) is 23.5 Å². The Bertz CT molecular complexity index is 894. The number of carbonyl (C=O) groups excluding carboxylic acids is 1. The van der Waals surface area contributed by atoms with E-state index in [2.05, 4.69) is 10.3 Å². The number of halogens is 1. The quantitative estimate of drug-likeness (QED) is 0.667. The van der Waals surface area contributed by atoms with Gasteiger partial charge in [0.1, 0.15) is 11.6 Å². The molecule has 0 saturated carbocycles. The van der Waals surface area contributed by atoms with Crippen LogP contribution in [0.25, 0.3) is 11.3 Å². The summed E-state index contributed by atoms with van der Waals surface area (Å²) in [7, 11) is 3.52. The van der Waals surface area contributed by atoms with Crippen LogP contribution in [0.1, 0.15) is 5.56 Å². The molecule has 0 aliphatic heterocycles. The maximum Gasteiger partial charge on any atom is 0.240 e. The minimum Gasteiger partial charge on any atom is -0.497 e. The summed E-state index contributed by atoms with van der Waals surface area (Å²) in [4.78, 5) is 18.6. The van der Waals surface area contributed by atoms with E-state index < -0.39 is 0 Å². The van der Waals surface area contributed by atoms with Crippen LogP contribution in [0, 0.1) is 5.82 Å². The Morgan fingerprint density at radius 2 is 1.89 bits per heavy atom. The first-order valence-electron chi connectivity index (χ1n) is 8.36. The highest BCUT2D eigenvalue weighted by molar-refractivity contribution is 7.14. The van der Waals surface area contributed by atoms with Crippen molar-refractivity contribution in [1.29, 1.82) is 0 Å². The number of aromatic nitrogens is 1. The van der Waals surface area contributed by atoms with Gasteiger partial charge in [-0.05, 0) is 49.0 Å². The van der Waals surface area contributed by atoms with Crippen LogP contribution in [0.5, 0.6) is 5.75 Å². The molecule has 0 spiro atoms. The highest BCUT2D eigenvalue weighted by atomic mass is 32.1. The molecule has 1 amide bonds. The molecule has 1 heterocycles. The smallest absolute Gasteiger partial charge is 0.240 e. The van der Waals surface area contributed by atoms with Gasteiger partial charge in [0.05, 0.1) is 19.3 Å². The van der Waals surface area contributed by atoms with Gasteiger partial charge in [-0.25, -0.2) is 9.37 Å². The maximum atomic E-state index is 13.0. The van der Waals surface area contributed by atoms with Crippen LogP contribution in [0.15, 0.2) is 53.9 Å². The molecular formula is C20H20FN3O2S. The van der Waals surface area contributed by atoms with Crippen LogP contribution in [0.3, 0.4) is 0 Å². The summed E-state index contributed by atoms with van der Waals surface area (Å²) in [5.41, 5.74) is 2.62. The predicted octanol–water partition coefficient (Wildman–Crippen LogP) is 4.03. The first-order valence-corrected chi connectivity index (χ1v) is 9.24. The van der Waals surface area contributed by atoms with E-state index in [1.807, 2.05) is 41.6 Å². The highest BCUT2D eigenvalue weighted by Gasteiger charge is 2.11. The predicted molar refractivity (Wildman–Crippen MR) is 105 cm³/mol. The zero-order valence-electron chi connectivity index (χ0n) is 15.1. The van der Waals surface area contributed by atoms with Crippen LogP contribution in [0.2, 0.25) is 0 Å². The Kier molecular flexibility index (Phi) is 6.16. The van der Waals surface area contributed by atoms with Crippen molar-refractivity contribution in [2.75, 3.05) is 26.0 Å². The van der Waals surface area contributed by atoms with Crippen LogP contribution in [-0.4, -0.2) is 36.5 Å². The molecule has 2 aromatic carbocycles. The normalized spacial score (nSPS) is 10.8. The second-order valence-electron chi connectivity index (χ2n) is 6.11. The third-order valence-corrected chi connectivity index (χ3v) is 4.67. The summed E-state index contributed by atoms with van der Waals surface area (Å²) in [5.74, 6) is 0.383. The highest BCUT2D eigenvalue weighted by Crippen LogP contribution is 2.25. The molecule has 27 heavy (non-hydrogen) atoms. The number of rotatable bonds is 7. The van der Waals surface area contributed by atoms with Gasteiger partial charge in [0.2, 0.25) is 5.91 Å². The van der Waals surface area contributed by atoms with Gasteiger partial charge in [-0.15, -0.1) is 11.3 Å². The third kappa shape index (κ3) is 5.35. The average molecular weight is 385 g/mol. The largest absolute Gasteiger partial charge is 0.497 e. The van der Waals surface area contributed by atoms with Crippen molar-refractivity contribution in [3.63, 3.8) is 0 Å². The lowest BCUT2D eigenvalue weighted by atomic mass is 10.2. The van der Waals surface area contributed by atoms with E-state index in [4.69, 9.17) is 4.74 Å². The minimum absolute atomic E-state index is 0.133. The number of ether oxygens (including phenoxy) is 1. The summed E-state index contributed by atoms with van der Waals surface area (Å²) < 4.78 is 18.2. The molecule has 0 aliphatic rings. The molecule has 0 bridgehead atoms. The molecule has 0 aliphatic carbocycles. The number of nitrogens with zero attached hydrogens (tertiary/aromatic N) is 2.